The van der Waals surface area contributed by atoms with Crippen LogP contribution in [0.15, 0.2) is 48.5 Å². The topological polar surface area (TPSA) is 0 Å². The Morgan fingerprint density at radius 2 is 1.40 bits per heavy atom. The van der Waals surface area contributed by atoms with Gasteiger partial charge >= 0.3 is 0 Å². The maximum atomic E-state index is 3.31. The lowest BCUT2D eigenvalue weighted by atomic mass is 9.79. The first-order chi connectivity index (χ1) is 12.3. The number of hydrogen-bond donors (Lipinski definition) is 0. The molecule has 1 aliphatic rings. The van der Waals surface area contributed by atoms with Gasteiger partial charge in [0.25, 0.3) is 0 Å². The van der Waals surface area contributed by atoms with E-state index in [1.807, 2.05) is 0 Å². The van der Waals surface area contributed by atoms with Crippen LogP contribution in [0, 0.1) is 17.8 Å². The molecule has 0 unspecified atom stereocenters. The summed E-state index contributed by atoms with van der Waals surface area (Å²) in [5.74, 6) is 8.41. The van der Waals surface area contributed by atoms with Gasteiger partial charge in [0.2, 0.25) is 0 Å². The second-order valence-electron chi connectivity index (χ2n) is 7.43. The Kier molecular flexibility index (Phi) is 6.53. The summed E-state index contributed by atoms with van der Waals surface area (Å²) in [7, 11) is 0.237. The van der Waals surface area contributed by atoms with E-state index < -0.39 is 0 Å². The Bertz CT molecular complexity index is 707. The highest BCUT2D eigenvalue weighted by Gasteiger charge is 2.21. The summed E-state index contributed by atoms with van der Waals surface area (Å²) in [6.07, 6.45) is 6.74. The van der Waals surface area contributed by atoms with Gasteiger partial charge in [0.05, 0.1) is 0 Å². The van der Waals surface area contributed by atoms with E-state index in [0.717, 1.165) is 29.4 Å². The van der Waals surface area contributed by atoms with E-state index in [1.165, 1.54) is 36.8 Å². The van der Waals surface area contributed by atoms with Crippen molar-refractivity contribution in [1.29, 1.82) is 0 Å². The van der Waals surface area contributed by atoms with Crippen LogP contribution in [0.4, 0.5) is 0 Å². The van der Waals surface area contributed by atoms with Gasteiger partial charge in [0.15, 0.2) is 0 Å². The van der Waals surface area contributed by atoms with Crippen molar-refractivity contribution >= 4 is 9.52 Å². The van der Waals surface area contributed by atoms with Crippen molar-refractivity contribution in [3.8, 4) is 11.8 Å². The van der Waals surface area contributed by atoms with E-state index in [1.54, 1.807) is 6.04 Å². The van der Waals surface area contributed by atoms with Crippen LogP contribution in [0.3, 0.4) is 0 Å². The SMILES string of the molecule is CCc1ccc(C#Cc2ccc([C@H]3CC[C@H](C[SiH2]C)CC3)cc2)cc1. The van der Waals surface area contributed by atoms with Crippen molar-refractivity contribution in [2.75, 3.05) is 0 Å². The normalized spacial score (nSPS) is 20.4. The minimum Gasteiger partial charge on any atom is -0.0748 e. The van der Waals surface area contributed by atoms with E-state index in [-0.39, 0.29) is 9.52 Å². The van der Waals surface area contributed by atoms with E-state index in [2.05, 4.69) is 73.8 Å². The Balaban J connectivity index is 1.60. The molecule has 0 radical (unpaired) electrons. The molecule has 0 heterocycles. The third kappa shape index (κ3) is 5.09. The predicted molar refractivity (Wildman–Crippen MR) is 112 cm³/mol. The van der Waals surface area contributed by atoms with Gasteiger partial charge in [0.1, 0.15) is 0 Å². The van der Waals surface area contributed by atoms with Gasteiger partial charge in [0, 0.05) is 20.6 Å². The first kappa shape index (κ1) is 18.0. The summed E-state index contributed by atoms with van der Waals surface area (Å²) < 4.78 is 0. The molecular weight excluding hydrogens is 316 g/mol. The minimum absolute atomic E-state index is 0.237. The molecule has 0 spiro atoms. The van der Waals surface area contributed by atoms with Gasteiger partial charge in [-0.05, 0) is 66.5 Å². The maximum Gasteiger partial charge on any atom is 0.0249 e. The van der Waals surface area contributed by atoms with E-state index in [4.69, 9.17) is 0 Å². The second-order valence-corrected chi connectivity index (χ2v) is 9.01. The summed E-state index contributed by atoms with van der Waals surface area (Å²) in [5, 5.41) is 0. The molecule has 3 rings (SSSR count). The number of aryl methyl sites for hydroxylation is 1. The van der Waals surface area contributed by atoms with Gasteiger partial charge < -0.3 is 0 Å². The van der Waals surface area contributed by atoms with Crippen molar-refractivity contribution in [2.24, 2.45) is 5.92 Å². The third-order valence-corrected chi connectivity index (χ3v) is 7.03. The molecule has 0 N–H and O–H groups in total. The van der Waals surface area contributed by atoms with Gasteiger partial charge in [-0.2, -0.15) is 0 Å². The molecule has 0 nitrogen and oxygen atoms in total. The molecule has 2 aromatic rings. The van der Waals surface area contributed by atoms with Gasteiger partial charge in [-0.15, -0.1) is 0 Å². The summed E-state index contributed by atoms with van der Waals surface area (Å²) in [6.45, 7) is 4.63. The fraction of sp³-hybridized carbons (Fsp3) is 0.417. The molecule has 1 fully saturated rings. The summed E-state index contributed by atoms with van der Waals surface area (Å²) in [4.78, 5) is 0. The first-order valence-corrected chi connectivity index (χ1v) is 12.4. The molecular formula is C24H30Si. The van der Waals surface area contributed by atoms with Crippen molar-refractivity contribution in [1.82, 2.24) is 0 Å². The highest BCUT2D eigenvalue weighted by molar-refractivity contribution is 6.33. The monoisotopic (exact) mass is 346 g/mol. The lowest BCUT2D eigenvalue weighted by Gasteiger charge is -2.28. The fourth-order valence-corrected chi connectivity index (χ4v) is 5.39. The number of benzene rings is 2. The molecule has 2 aromatic carbocycles. The van der Waals surface area contributed by atoms with Crippen LogP contribution in [0.1, 0.15) is 60.8 Å². The largest absolute Gasteiger partial charge is 0.0748 e. The van der Waals surface area contributed by atoms with Gasteiger partial charge in [-0.3, -0.25) is 0 Å². The highest BCUT2D eigenvalue weighted by Crippen LogP contribution is 2.37. The van der Waals surface area contributed by atoms with Gasteiger partial charge in [-0.25, -0.2) is 0 Å². The lowest BCUT2D eigenvalue weighted by molar-refractivity contribution is 0.347. The van der Waals surface area contributed by atoms with Crippen LogP contribution in [-0.4, -0.2) is 9.52 Å². The first-order valence-electron chi connectivity index (χ1n) is 9.99. The van der Waals surface area contributed by atoms with Crippen LogP contribution < -0.4 is 0 Å². The molecule has 0 saturated heterocycles. The minimum atomic E-state index is 0.237. The third-order valence-electron chi connectivity index (χ3n) is 5.64. The van der Waals surface area contributed by atoms with Crippen LogP contribution in [0.2, 0.25) is 12.6 Å². The van der Waals surface area contributed by atoms with E-state index in [0.29, 0.717) is 0 Å². The average molecular weight is 347 g/mol. The summed E-state index contributed by atoms with van der Waals surface area (Å²) in [5.41, 5.74) is 5.10. The fourth-order valence-electron chi connectivity index (χ4n) is 4.00. The van der Waals surface area contributed by atoms with Crippen molar-refractivity contribution < 1.29 is 0 Å². The molecule has 0 bridgehead atoms. The Hall–Kier alpha value is -1.78. The molecule has 0 aliphatic heterocycles. The van der Waals surface area contributed by atoms with Crippen molar-refractivity contribution in [3.05, 3.63) is 70.8 Å². The summed E-state index contributed by atoms with van der Waals surface area (Å²) in [6, 6.07) is 19.2. The van der Waals surface area contributed by atoms with Gasteiger partial charge in [-0.1, -0.05) is 68.5 Å². The average Bonchev–Trinajstić information content (AvgIpc) is 2.68. The lowest BCUT2D eigenvalue weighted by Crippen LogP contribution is -2.14. The molecule has 1 aliphatic carbocycles. The zero-order chi connectivity index (χ0) is 17.5. The molecule has 0 amide bonds. The van der Waals surface area contributed by atoms with Crippen molar-refractivity contribution in [2.45, 2.75) is 57.5 Å². The van der Waals surface area contributed by atoms with Crippen LogP contribution in [0.5, 0.6) is 0 Å². The molecule has 1 heteroatoms. The van der Waals surface area contributed by atoms with E-state index in [9.17, 15) is 0 Å². The molecule has 0 aromatic heterocycles. The van der Waals surface area contributed by atoms with Crippen molar-refractivity contribution in [3.63, 3.8) is 0 Å². The second kappa shape index (κ2) is 9.06. The van der Waals surface area contributed by atoms with Crippen LogP contribution in [-0.2, 0) is 6.42 Å². The number of hydrogen-bond acceptors (Lipinski definition) is 0. The quantitative estimate of drug-likeness (QED) is 0.502. The zero-order valence-electron chi connectivity index (χ0n) is 15.7. The Morgan fingerprint density at radius 3 is 1.92 bits per heavy atom. The van der Waals surface area contributed by atoms with E-state index >= 15 is 0 Å². The standard InChI is InChI=1S/C24H30Si/c1-3-19-4-6-20(7-5-19)8-9-21-10-14-23(15-11-21)24-16-12-22(13-17-24)18-25-2/h4-7,10-11,14-15,22,24H,3,12-13,16-18,25H2,1-2H3/t22-,24-. The smallest absolute Gasteiger partial charge is 0.0249 e. The molecule has 130 valence electrons. The Morgan fingerprint density at radius 1 is 0.840 bits per heavy atom. The summed E-state index contributed by atoms with van der Waals surface area (Å²) >= 11 is 0. The van der Waals surface area contributed by atoms with Crippen LogP contribution in [0.25, 0.3) is 0 Å². The predicted octanol–water partition coefficient (Wildman–Crippen LogP) is 5.56. The molecule has 25 heavy (non-hydrogen) atoms. The van der Waals surface area contributed by atoms with Crippen LogP contribution >= 0.6 is 0 Å². The number of rotatable bonds is 4. The Labute approximate surface area is 155 Å². The zero-order valence-corrected chi connectivity index (χ0v) is 17.1. The maximum absolute atomic E-state index is 3.31. The highest BCUT2D eigenvalue weighted by atomic mass is 28.2. The molecule has 0 atom stereocenters. The molecule has 1 saturated carbocycles.